The summed E-state index contributed by atoms with van der Waals surface area (Å²) >= 11 is 0. The van der Waals surface area contributed by atoms with Gasteiger partial charge >= 0.3 is 0 Å². The zero-order valence-corrected chi connectivity index (χ0v) is 15.7. The molecular weight excluding hydrogens is 308 g/mol. The molecule has 134 valence electrons. The molecule has 1 aromatic heterocycles. The maximum absolute atomic E-state index is 6.28. The molecule has 1 aromatic carbocycles. The van der Waals surface area contributed by atoms with Crippen molar-refractivity contribution in [2.24, 2.45) is 5.73 Å². The third-order valence-electron chi connectivity index (χ3n) is 5.56. The third kappa shape index (κ3) is 4.09. The number of hydrogen-bond acceptors (Lipinski definition) is 4. The van der Waals surface area contributed by atoms with E-state index in [1.54, 1.807) is 0 Å². The summed E-state index contributed by atoms with van der Waals surface area (Å²) in [6.07, 6.45) is 1.10. The Balaban J connectivity index is 1.72. The second-order valence-electron chi connectivity index (χ2n) is 7.50. The third-order valence-corrected chi connectivity index (χ3v) is 5.56. The van der Waals surface area contributed by atoms with E-state index in [0.29, 0.717) is 12.6 Å². The Labute approximate surface area is 151 Å². The van der Waals surface area contributed by atoms with Crippen molar-refractivity contribution >= 4 is 0 Å². The Kier molecular flexibility index (Phi) is 5.52. The quantitative estimate of drug-likeness (QED) is 0.880. The summed E-state index contributed by atoms with van der Waals surface area (Å²) in [6, 6.07) is 17.5. The first-order valence-electron chi connectivity index (χ1n) is 9.14. The van der Waals surface area contributed by atoms with Crippen molar-refractivity contribution in [1.29, 1.82) is 0 Å². The highest BCUT2D eigenvalue weighted by Gasteiger charge is 2.44. The summed E-state index contributed by atoms with van der Waals surface area (Å²) in [7, 11) is 2.19. The number of aryl methyl sites for hydroxylation is 1. The molecule has 2 N–H and O–H groups in total. The van der Waals surface area contributed by atoms with Crippen molar-refractivity contribution in [2.75, 3.05) is 20.1 Å². The van der Waals surface area contributed by atoms with Gasteiger partial charge in [0.1, 0.15) is 0 Å². The van der Waals surface area contributed by atoms with Gasteiger partial charge in [0.25, 0.3) is 0 Å². The maximum Gasteiger partial charge on any atom is 0.0547 e. The van der Waals surface area contributed by atoms with Gasteiger partial charge in [-0.25, -0.2) is 0 Å². The first kappa shape index (κ1) is 18.1. The fraction of sp³-hybridized carbons (Fsp3) is 0.476. The number of benzene rings is 1. The van der Waals surface area contributed by atoms with Crippen LogP contribution in [0, 0.1) is 6.92 Å². The van der Waals surface area contributed by atoms with Crippen LogP contribution < -0.4 is 5.73 Å². The Hall–Kier alpha value is -1.75. The average molecular weight is 338 g/mol. The molecule has 4 heteroatoms. The number of likely N-dealkylation sites (tertiary alicyclic amines) is 1. The molecular formula is C21H30N4. The molecule has 2 aromatic rings. The number of rotatable bonds is 6. The fourth-order valence-electron chi connectivity index (χ4n) is 3.99. The van der Waals surface area contributed by atoms with Crippen LogP contribution in [0.1, 0.15) is 30.3 Å². The molecule has 0 saturated carbocycles. The van der Waals surface area contributed by atoms with Crippen LogP contribution >= 0.6 is 0 Å². The van der Waals surface area contributed by atoms with E-state index in [4.69, 9.17) is 5.73 Å². The monoisotopic (exact) mass is 338 g/mol. The van der Waals surface area contributed by atoms with Gasteiger partial charge in [0.15, 0.2) is 0 Å². The molecule has 25 heavy (non-hydrogen) atoms. The Morgan fingerprint density at radius 1 is 1.20 bits per heavy atom. The van der Waals surface area contributed by atoms with Gasteiger partial charge in [-0.15, -0.1) is 0 Å². The number of hydrogen-bond donors (Lipinski definition) is 1. The van der Waals surface area contributed by atoms with Crippen LogP contribution in [-0.4, -0.2) is 46.5 Å². The van der Waals surface area contributed by atoms with Gasteiger partial charge in [-0.3, -0.25) is 14.8 Å². The SMILES string of the molecule is Cc1cccc(CN(C)C2(CN)CC(C)N(Cc3ccccc3)C2)n1. The van der Waals surface area contributed by atoms with Gasteiger partial charge in [-0.05, 0) is 45.0 Å². The van der Waals surface area contributed by atoms with E-state index in [2.05, 4.69) is 71.2 Å². The van der Waals surface area contributed by atoms with E-state index in [9.17, 15) is 0 Å². The summed E-state index contributed by atoms with van der Waals surface area (Å²) < 4.78 is 0. The number of likely N-dealkylation sites (N-methyl/N-ethyl adjacent to an activating group) is 1. The lowest BCUT2D eigenvalue weighted by molar-refractivity contribution is 0.119. The van der Waals surface area contributed by atoms with Crippen molar-refractivity contribution in [3.63, 3.8) is 0 Å². The largest absolute Gasteiger partial charge is 0.329 e. The van der Waals surface area contributed by atoms with Gasteiger partial charge in [0.05, 0.1) is 5.69 Å². The first-order valence-corrected chi connectivity index (χ1v) is 9.14. The fourth-order valence-corrected chi connectivity index (χ4v) is 3.99. The van der Waals surface area contributed by atoms with Crippen LogP contribution in [-0.2, 0) is 13.1 Å². The lowest BCUT2D eigenvalue weighted by Gasteiger charge is -2.38. The molecule has 0 radical (unpaired) electrons. The van der Waals surface area contributed by atoms with Crippen LogP contribution in [0.2, 0.25) is 0 Å². The van der Waals surface area contributed by atoms with E-state index in [1.165, 1.54) is 5.56 Å². The summed E-state index contributed by atoms with van der Waals surface area (Å²) in [4.78, 5) is 9.63. The smallest absolute Gasteiger partial charge is 0.0547 e. The molecule has 1 fully saturated rings. The van der Waals surface area contributed by atoms with Gasteiger partial charge in [0.2, 0.25) is 0 Å². The van der Waals surface area contributed by atoms with Gasteiger partial charge in [-0.1, -0.05) is 36.4 Å². The number of nitrogens with two attached hydrogens (primary N) is 1. The van der Waals surface area contributed by atoms with Crippen molar-refractivity contribution in [1.82, 2.24) is 14.8 Å². The topological polar surface area (TPSA) is 45.4 Å². The molecule has 1 aliphatic heterocycles. The molecule has 0 aliphatic carbocycles. The molecule has 4 nitrogen and oxygen atoms in total. The maximum atomic E-state index is 6.28. The van der Waals surface area contributed by atoms with Crippen molar-refractivity contribution in [3.05, 3.63) is 65.5 Å². The van der Waals surface area contributed by atoms with Crippen LogP contribution in [0.15, 0.2) is 48.5 Å². The summed E-state index contributed by atoms with van der Waals surface area (Å²) in [6.45, 7) is 7.86. The van der Waals surface area contributed by atoms with Gasteiger partial charge in [-0.2, -0.15) is 0 Å². The van der Waals surface area contributed by atoms with Crippen molar-refractivity contribution in [2.45, 2.75) is 44.9 Å². The van der Waals surface area contributed by atoms with E-state index in [0.717, 1.165) is 37.4 Å². The average Bonchev–Trinajstić information content (AvgIpc) is 2.93. The van der Waals surface area contributed by atoms with Crippen LogP contribution in [0.25, 0.3) is 0 Å². The van der Waals surface area contributed by atoms with Crippen LogP contribution in [0.3, 0.4) is 0 Å². The second kappa shape index (κ2) is 7.65. The summed E-state index contributed by atoms with van der Waals surface area (Å²) in [5, 5.41) is 0. The molecule has 2 heterocycles. The minimum atomic E-state index is 0.0135. The molecule has 0 spiro atoms. The summed E-state index contributed by atoms with van der Waals surface area (Å²) in [5.74, 6) is 0. The second-order valence-corrected chi connectivity index (χ2v) is 7.50. The van der Waals surface area contributed by atoms with E-state index >= 15 is 0 Å². The van der Waals surface area contributed by atoms with E-state index < -0.39 is 0 Å². The molecule has 1 saturated heterocycles. The molecule has 2 atom stereocenters. The standard InChI is InChI=1S/C21H30N4/c1-17-8-7-11-20(23-17)14-24(3)21(15-22)12-18(2)25(16-21)13-19-9-5-4-6-10-19/h4-11,18H,12-16,22H2,1-3H3. The Bertz CT molecular complexity index is 687. The van der Waals surface area contributed by atoms with Crippen LogP contribution in [0.4, 0.5) is 0 Å². The van der Waals surface area contributed by atoms with Gasteiger partial charge < -0.3 is 5.73 Å². The minimum Gasteiger partial charge on any atom is -0.329 e. The number of aromatic nitrogens is 1. The molecule has 0 bridgehead atoms. The van der Waals surface area contributed by atoms with Crippen LogP contribution in [0.5, 0.6) is 0 Å². The normalized spacial score (nSPS) is 24.1. The molecule has 1 aliphatic rings. The Morgan fingerprint density at radius 2 is 1.96 bits per heavy atom. The lowest BCUT2D eigenvalue weighted by atomic mass is 9.94. The van der Waals surface area contributed by atoms with Crippen molar-refractivity contribution < 1.29 is 0 Å². The number of nitrogens with zero attached hydrogens (tertiary/aromatic N) is 3. The lowest BCUT2D eigenvalue weighted by Crippen LogP contribution is -2.53. The highest BCUT2D eigenvalue weighted by atomic mass is 15.3. The van der Waals surface area contributed by atoms with Gasteiger partial charge in [0, 0.05) is 43.5 Å². The molecule has 0 amide bonds. The minimum absolute atomic E-state index is 0.0135. The predicted octanol–water partition coefficient (Wildman–Crippen LogP) is 2.81. The predicted molar refractivity (Wildman–Crippen MR) is 103 cm³/mol. The van der Waals surface area contributed by atoms with Crippen molar-refractivity contribution in [3.8, 4) is 0 Å². The highest BCUT2D eigenvalue weighted by Crippen LogP contribution is 2.33. The molecule has 3 rings (SSSR count). The Morgan fingerprint density at radius 3 is 2.64 bits per heavy atom. The molecule has 2 unspecified atom stereocenters. The zero-order valence-electron chi connectivity index (χ0n) is 15.7. The highest BCUT2D eigenvalue weighted by molar-refractivity contribution is 5.16. The zero-order chi connectivity index (χ0) is 17.9. The summed E-state index contributed by atoms with van der Waals surface area (Å²) in [5.41, 5.74) is 9.84. The van der Waals surface area contributed by atoms with E-state index in [1.807, 2.05) is 13.0 Å². The number of pyridine rings is 1. The van der Waals surface area contributed by atoms with E-state index in [-0.39, 0.29) is 5.54 Å². The first-order chi connectivity index (χ1) is 12.0.